The van der Waals surface area contributed by atoms with E-state index < -0.39 is 0 Å². The third-order valence-corrected chi connectivity index (χ3v) is 26.9. The molecule has 1 aliphatic carbocycles. The third kappa shape index (κ3) is 29.8. The van der Waals surface area contributed by atoms with Crippen LogP contribution in [0.1, 0.15) is 244 Å². The van der Waals surface area contributed by atoms with Gasteiger partial charge in [-0.3, -0.25) is 28.8 Å². The highest BCUT2D eigenvalue weighted by molar-refractivity contribution is 9.19. The van der Waals surface area contributed by atoms with Crippen LogP contribution in [0, 0.1) is 138 Å². The second-order valence-electron chi connectivity index (χ2n) is 32.8. The molecule has 0 saturated heterocycles. The molecule has 129 heavy (non-hydrogen) atoms. The Kier molecular flexibility index (Phi) is 40.5. The quantitative estimate of drug-likeness (QED) is 0.0473. The molecule has 12 aromatic rings. The van der Waals surface area contributed by atoms with E-state index in [1.807, 2.05) is 146 Å². The van der Waals surface area contributed by atoms with Crippen molar-refractivity contribution in [2.75, 3.05) is 0 Å². The summed E-state index contributed by atoms with van der Waals surface area (Å²) in [6.07, 6.45) is 3.28. The first-order valence-electron chi connectivity index (χ1n) is 42.4. The molecule has 0 heterocycles. The molecule has 1 aliphatic rings. The second kappa shape index (κ2) is 49.6. The second-order valence-corrected chi connectivity index (χ2v) is 38.3. The fourth-order valence-corrected chi connectivity index (χ4v) is 17.4. The third-order valence-electron chi connectivity index (χ3n) is 23.2. The number of rotatable bonds is 26. The first kappa shape index (κ1) is 105. The van der Waals surface area contributed by atoms with Crippen LogP contribution in [-0.4, -0.2) is 28.2 Å². The zero-order valence-electron chi connectivity index (χ0n) is 77.2. The van der Waals surface area contributed by atoms with Crippen LogP contribution < -0.4 is 28.4 Å². The number of benzene rings is 12. The van der Waals surface area contributed by atoms with Gasteiger partial charge in [0.2, 0.25) is 28.2 Å². The molecule has 0 radical (unpaired) electrons. The van der Waals surface area contributed by atoms with Gasteiger partial charge >= 0.3 is 0 Å². The van der Waals surface area contributed by atoms with E-state index in [0.717, 1.165) is 129 Å². The molecule has 12 nitrogen and oxygen atoms in total. The molecular weight excluding hydrogens is 2100 g/mol. The van der Waals surface area contributed by atoms with Gasteiger partial charge in [0.1, 0.15) is 74.1 Å². The van der Waals surface area contributed by atoms with Gasteiger partial charge in [-0.05, 0) is 436 Å². The molecule has 0 bridgehead atoms. The lowest BCUT2D eigenvalue weighted by molar-refractivity contribution is 0.108. The Hall–Kier alpha value is -8.89. The molecule has 1 fully saturated rings. The predicted molar refractivity (Wildman–Crippen MR) is 552 cm³/mol. The molecule has 12 aromatic carbocycles. The zero-order valence-corrected chi connectivity index (χ0v) is 89.0. The normalized spacial score (nSPS) is 11.1. The maximum Gasteiger partial charge on any atom is 0.228 e. The lowest BCUT2D eigenvalue weighted by Gasteiger charge is -2.16. The van der Waals surface area contributed by atoms with Crippen LogP contribution in [0.15, 0.2) is 186 Å². The Bertz CT molecular complexity index is 5660. The summed E-state index contributed by atoms with van der Waals surface area (Å²) in [5.74, 6) is 5.76. The minimum atomic E-state index is -0.194. The van der Waals surface area contributed by atoms with Crippen molar-refractivity contribution >= 4 is 151 Å². The Morgan fingerprint density at radius 3 is 0.791 bits per heavy atom. The number of aryl methyl sites for hydroxylation is 21. The Balaban J connectivity index is 0.000000191. The lowest BCUT2D eigenvalue weighted by atomic mass is 9.99. The number of hydrogen-bond acceptors (Lipinski definition) is 12. The summed E-state index contributed by atoms with van der Waals surface area (Å²) in [7, 11) is 0. The zero-order chi connectivity index (χ0) is 95.1. The van der Waals surface area contributed by atoms with Crippen molar-refractivity contribution in [3.8, 4) is 34.5 Å². The molecule has 0 aromatic heterocycles. The topological polar surface area (TPSA) is 158 Å². The fraction of sp³-hybridized carbons (Fsp3) is 0.284. The maximum atomic E-state index is 11.9. The van der Waals surface area contributed by atoms with E-state index in [-0.39, 0.29) is 34.8 Å². The van der Waals surface area contributed by atoms with Crippen LogP contribution in [0.2, 0.25) is 5.02 Å². The molecule has 0 atom stereocenters. The molecule has 1 saturated carbocycles. The first-order chi connectivity index (χ1) is 61.0. The van der Waals surface area contributed by atoms with Gasteiger partial charge in [0.25, 0.3) is 0 Å². The standard InChI is InChI=1S/C20H21BrO2.C19H21BrO2.2C18H19BrO2.C17H16Br2O2.C17H16BrClO2/c1-12-9-14(3)19(10-13(12)2)23-11-18-16(15-7-8-15)5-4-6-17(18)20(21)22;1-5-15-7-6-8-16(19(20)21)17(15)11-22-18-10-13(3)12(2)9-14(18)4;2*1-11-6-5-7-15(18(19)20)16(11)10-21-17-9-13(3)12(2)8-14(17)4;1-10-7-12(3)16(8-11(10)2)21-9-14-13(17(19)20)5-4-6-15(14)18;1-10-7-12(3)16(8-11(10)2)21-9-14-13(17(18)20)5-4-6-15(14)19/h4-6,9-10,15H,7-8,11H2,1-3H3;6-10H,5,11H2,1-4H3;2*5-9H,10H2,1-4H3;2*4-8H,9H2,1-3H3. The van der Waals surface area contributed by atoms with Crippen LogP contribution in [0.4, 0.5) is 0 Å². The van der Waals surface area contributed by atoms with Crippen LogP contribution in [0.5, 0.6) is 34.5 Å². The smallest absolute Gasteiger partial charge is 0.228 e. The lowest BCUT2D eigenvalue weighted by Crippen LogP contribution is -2.07. The summed E-state index contributed by atoms with van der Waals surface area (Å²) >= 11 is 27.9. The van der Waals surface area contributed by atoms with Crippen molar-refractivity contribution in [1.82, 2.24) is 0 Å². The highest BCUT2D eigenvalue weighted by Gasteiger charge is 2.29. The van der Waals surface area contributed by atoms with Crippen LogP contribution in [-0.2, 0) is 46.1 Å². The molecule has 0 amide bonds. The van der Waals surface area contributed by atoms with Crippen molar-refractivity contribution in [2.24, 2.45) is 0 Å². The number of carbonyl (C=O) groups excluding carboxylic acids is 6. The monoisotopic (exact) mass is 2200 g/mol. The van der Waals surface area contributed by atoms with E-state index in [4.69, 9.17) is 40.0 Å². The Morgan fingerprint density at radius 1 is 0.264 bits per heavy atom. The van der Waals surface area contributed by atoms with Gasteiger partial charge in [-0.1, -0.05) is 162 Å². The van der Waals surface area contributed by atoms with Gasteiger partial charge < -0.3 is 28.4 Å². The van der Waals surface area contributed by atoms with Gasteiger partial charge in [-0.2, -0.15) is 0 Å². The number of ether oxygens (including phenoxy) is 6. The molecule has 0 unspecified atom stereocenters. The van der Waals surface area contributed by atoms with Crippen LogP contribution >= 0.6 is 123 Å². The van der Waals surface area contributed by atoms with E-state index in [1.54, 1.807) is 24.3 Å². The predicted octanol–water partition coefficient (Wildman–Crippen LogP) is 31.8. The molecule has 0 N–H and O–H groups in total. The minimum Gasteiger partial charge on any atom is -0.489 e. The van der Waals surface area contributed by atoms with Crippen LogP contribution in [0.3, 0.4) is 0 Å². The van der Waals surface area contributed by atoms with Gasteiger partial charge in [-0.25, -0.2) is 0 Å². The van der Waals surface area contributed by atoms with Gasteiger partial charge in [-0.15, -0.1) is 0 Å². The minimum absolute atomic E-state index is 0.0737. The molecule has 20 heteroatoms. The first-order valence-corrected chi connectivity index (χ1v) is 48.3. The number of halogens is 8. The summed E-state index contributed by atoms with van der Waals surface area (Å²) in [6.45, 7) is 45.5. The molecule has 0 spiro atoms. The highest BCUT2D eigenvalue weighted by Crippen LogP contribution is 2.44. The van der Waals surface area contributed by atoms with E-state index in [1.165, 1.54) is 85.2 Å². The van der Waals surface area contributed by atoms with Crippen molar-refractivity contribution in [2.45, 2.75) is 210 Å². The molecule has 13 rings (SSSR count). The number of carbonyl (C=O) groups is 6. The summed E-state index contributed by atoms with van der Waals surface area (Å²) in [5.41, 5.74) is 35.1. The fourth-order valence-electron chi connectivity index (χ4n) is 14.4. The number of hydrogen-bond donors (Lipinski definition) is 0. The summed E-state index contributed by atoms with van der Waals surface area (Å²) in [6, 6.07) is 58.9. The van der Waals surface area contributed by atoms with E-state index in [0.29, 0.717) is 77.4 Å². The molecule has 676 valence electrons. The summed E-state index contributed by atoms with van der Waals surface area (Å²) in [4.78, 5) is 70.2. The average molecular weight is 2210 g/mol. The SMILES string of the molecule is CCc1cccc(C(=O)Br)c1COc1cc(C)c(C)cc1C.Cc1cc(C)c(OCc2c(Br)cccc2C(=O)Br)cc1C.Cc1cc(C)c(OCc2c(C(=O)Br)cccc2C2CC2)cc1C.Cc1cc(C)c(OCc2c(C)cccc2C(=O)Br)cc1C.Cc1cc(C)c(OCc2c(C)cccc2C(=O)Br)cc1C.Cc1cc(C)c(OCc2c(Cl)cccc2C(=O)Br)cc1C. The average Bonchev–Trinajstić information content (AvgIpc) is 1.67. The Morgan fingerprint density at radius 2 is 0.488 bits per heavy atom. The van der Waals surface area contributed by atoms with E-state index >= 15 is 0 Å². The molecule has 0 aliphatic heterocycles. The van der Waals surface area contributed by atoms with Crippen molar-refractivity contribution in [3.05, 3.63) is 381 Å². The van der Waals surface area contributed by atoms with Crippen molar-refractivity contribution in [1.29, 1.82) is 0 Å². The van der Waals surface area contributed by atoms with Gasteiger partial charge in [0, 0.05) is 76.3 Å². The van der Waals surface area contributed by atoms with E-state index in [9.17, 15) is 28.8 Å². The largest absolute Gasteiger partial charge is 0.489 e. The summed E-state index contributed by atoms with van der Waals surface area (Å²) < 4.78 is 36.0. The Labute approximate surface area is 826 Å². The van der Waals surface area contributed by atoms with Crippen molar-refractivity contribution < 1.29 is 57.2 Å². The summed E-state index contributed by atoms with van der Waals surface area (Å²) in [5, 5.41) is 0.529. The maximum absolute atomic E-state index is 11.9. The van der Waals surface area contributed by atoms with Crippen molar-refractivity contribution in [3.63, 3.8) is 0 Å². The highest BCUT2D eigenvalue weighted by atomic mass is 79.9. The van der Waals surface area contributed by atoms with Gasteiger partial charge in [0.05, 0.1) is 0 Å². The van der Waals surface area contributed by atoms with E-state index in [2.05, 4.69) is 268 Å². The van der Waals surface area contributed by atoms with Gasteiger partial charge in [0.15, 0.2) is 0 Å². The van der Waals surface area contributed by atoms with Crippen LogP contribution in [0.25, 0.3) is 0 Å². The molecular formula is C109H112Br7ClO12.